The third kappa shape index (κ3) is 4.99. The number of hydrogen-bond acceptors (Lipinski definition) is 5. The van der Waals surface area contributed by atoms with E-state index in [0.29, 0.717) is 17.9 Å². The van der Waals surface area contributed by atoms with E-state index in [9.17, 15) is 9.59 Å². The molecule has 0 atom stereocenters. The number of hydrogen-bond donors (Lipinski definition) is 2. The Morgan fingerprint density at radius 2 is 2.10 bits per heavy atom. The maximum Gasteiger partial charge on any atom is 0.269 e. The fraction of sp³-hybridized carbons (Fsp3) is 0.267. The summed E-state index contributed by atoms with van der Waals surface area (Å²) >= 11 is 0. The molecule has 2 amide bonds. The number of rotatable bonds is 6. The smallest absolute Gasteiger partial charge is 0.269 e. The van der Waals surface area contributed by atoms with Crippen LogP contribution in [0.3, 0.4) is 0 Å². The molecule has 0 aliphatic heterocycles. The molecule has 0 radical (unpaired) electrons. The SMILES string of the molecule is CCCC(=O)NC(=O)/C(C#N)=C/Nc1ccccc1OC. The van der Waals surface area contributed by atoms with Gasteiger partial charge >= 0.3 is 0 Å². The van der Waals surface area contributed by atoms with Crippen LogP contribution in [0.25, 0.3) is 0 Å². The van der Waals surface area contributed by atoms with E-state index in [2.05, 4.69) is 10.6 Å². The predicted molar refractivity (Wildman–Crippen MR) is 78.4 cm³/mol. The minimum Gasteiger partial charge on any atom is -0.495 e. The number of nitrogens with one attached hydrogen (secondary N) is 2. The summed E-state index contributed by atoms with van der Waals surface area (Å²) in [6.45, 7) is 1.83. The second kappa shape index (κ2) is 8.38. The fourth-order valence-corrected chi connectivity index (χ4v) is 1.55. The molecule has 1 aromatic carbocycles. The van der Waals surface area contributed by atoms with E-state index in [1.165, 1.54) is 13.3 Å². The third-order valence-electron chi connectivity index (χ3n) is 2.57. The molecule has 21 heavy (non-hydrogen) atoms. The molecule has 1 aromatic rings. The first kappa shape index (κ1) is 16.2. The van der Waals surface area contributed by atoms with Crippen molar-refractivity contribution in [2.24, 2.45) is 0 Å². The number of para-hydroxylation sites is 2. The maximum atomic E-state index is 11.7. The van der Waals surface area contributed by atoms with Crippen LogP contribution in [0.2, 0.25) is 0 Å². The van der Waals surface area contributed by atoms with Gasteiger partial charge in [-0.1, -0.05) is 19.1 Å². The normalized spacial score (nSPS) is 10.4. The van der Waals surface area contributed by atoms with Gasteiger partial charge in [0.05, 0.1) is 12.8 Å². The van der Waals surface area contributed by atoms with Crippen molar-refractivity contribution in [3.63, 3.8) is 0 Å². The van der Waals surface area contributed by atoms with Crippen molar-refractivity contribution in [3.05, 3.63) is 36.0 Å². The predicted octanol–water partition coefficient (Wildman–Crippen LogP) is 1.96. The van der Waals surface area contributed by atoms with E-state index in [1.54, 1.807) is 30.3 Å². The quantitative estimate of drug-likeness (QED) is 0.616. The van der Waals surface area contributed by atoms with Crippen LogP contribution in [-0.4, -0.2) is 18.9 Å². The van der Waals surface area contributed by atoms with Crippen molar-refractivity contribution in [1.82, 2.24) is 5.32 Å². The molecule has 0 saturated heterocycles. The molecule has 0 fully saturated rings. The Hall–Kier alpha value is -2.81. The van der Waals surface area contributed by atoms with Crippen LogP contribution >= 0.6 is 0 Å². The Labute approximate surface area is 123 Å². The van der Waals surface area contributed by atoms with E-state index in [1.807, 2.05) is 6.92 Å². The highest BCUT2D eigenvalue weighted by atomic mass is 16.5. The van der Waals surface area contributed by atoms with Crippen LogP contribution < -0.4 is 15.4 Å². The first-order valence-corrected chi connectivity index (χ1v) is 6.46. The van der Waals surface area contributed by atoms with Gasteiger partial charge in [-0.15, -0.1) is 0 Å². The van der Waals surface area contributed by atoms with Gasteiger partial charge < -0.3 is 10.1 Å². The summed E-state index contributed by atoms with van der Waals surface area (Å²) in [6, 6.07) is 8.82. The summed E-state index contributed by atoms with van der Waals surface area (Å²) in [4.78, 5) is 23.1. The van der Waals surface area contributed by atoms with Gasteiger partial charge in [-0.25, -0.2) is 0 Å². The summed E-state index contributed by atoms with van der Waals surface area (Å²) in [5.41, 5.74) is 0.422. The van der Waals surface area contributed by atoms with Gasteiger partial charge in [-0.2, -0.15) is 5.26 Å². The maximum absolute atomic E-state index is 11.7. The number of ether oxygens (including phenoxy) is 1. The average Bonchev–Trinajstić information content (AvgIpc) is 2.48. The average molecular weight is 287 g/mol. The number of nitrogens with zero attached hydrogens (tertiary/aromatic N) is 1. The molecule has 0 aromatic heterocycles. The van der Waals surface area contributed by atoms with Crippen molar-refractivity contribution in [2.45, 2.75) is 19.8 Å². The zero-order chi connectivity index (χ0) is 15.7. The number of benzene rings is 1. The highest BCUT2D eigenvalue weighted by Gasteiger charge is 2.12. The molecule has 6 heteroatoms. The minimum absolute atomic E-state index is 0.189. The van der Waals surface area contributed by atoms with Gasteiger partial charge in [0.2, 0.25) is 5.91 Å². The fourth-order valence-electron chi connectivity index (χ4n) is 1.55. The van der Waals surface area contributed by atoms with E-state index in [0.717, 1.165) is 0 Å². The Bertz CT molecular complexity index is 588. The topological polar surface area (TPSA) is 91.2 Å². The Balaban J connectivity index is 2.78. The van der Waals surface area contributed by atoms with Crippen molar-refractivity contribution in [2.75, 3.05) is 12.4 Å². The van der Waals surface area contributed by atoms with Crippen LogP contribution in [-0.2, 0) is 9.59 Å². The minimum atomic E-state index is -0.724. The number of nitriles is 1. The number of anilines is 1. The van der Waals surface area contributed by atoms with Gasteiger partial charge in [-0.05, 0) is 18.6 Å². The van der Waals surface area contributed by atoms with Gasteiger partial charge in [0.25, 0.3) is 5.91 Å². The second-order valence-corrected chi connectivity index (χ2v) is 4.14. The highest BCUT2D eigenvalue weighted by molar-refractivity contribution is 6.06. The first-order valence-electron chi connectivity index (χ1n) is 6.46. The molecule has 110 valence electrons. The summed E-state index contributed by atoms with van der Waals surface area (Å²) in [5.74, 6) is -0.548. The van der Waals surface area contributed by atoms with Crippen molar-refractivity contribution in [1.29, 1.82) is 5.26 Å². The highest BCUT2D eigenvalue weighted by Crippen LogP contribution is 2.23. The number of methoxy groups -OCH3 is 1. The summed E-state index contributed by atoms with van der Waals surface area (Å²) < 4.78 is 5.14. The first-order chi connectivity index (χ1) is 10.1. The number of carbonyl (C=O) groups excluding carboxylic acids is 2. The van der Waals surface area contributed by atoms with Crippen LogP contribution in [0.4, 0.5) is 5.69 Å². The van der Waals surface area contributed by atoms with Gasteiger partial charge in [0.1, 0.15) is 17.4 Å². The Morgan fingerprint density at radius 3 is 2.71 bits per heavy atom. The van der Waals surface area contributed by atoms with Crippen LogP contribution in [0.1, 0.15) is 19.8 Å². The number of imide groups is 1. The van der Waals surface area contributed by atoms with Gasteiger partial charge in [0, 0.05) is 12.6 Å². The molecule has 0 unspecified atom stereocenters. The molecular formula is C15H17N3O3. The van der Waals surface area contributed by atoms with E-state index in [4.69, 9.17) is 10.00 Å². The molecular weight excluding hydrogens is 270 g/mol. The second-order valence-electron chi connectivity index (χ2n) is 4.14. The largest absolute Gasteiger partial charge is 0.495 e. The summed E-state index contributed by atoms with van der Waals surface area (Å²) in [5, 5.41) is 14.0. The van der Waals surface area contributed by atoms with Crippen LogP contribution in [0, 0.1) is 11.3 Å². The molecule has 0 saturated carbocycles. The number of carbonyl (C=O) groups is 2. The number of amides is 2. The molecule has 0 aliphatic rings. The van der Waals surface area contributed by atoms with Crippen LogP contribution in [0.5, 0.6) is 5.75 Å². The van der Waals surface area contributed by atoms with Crippen molar-refractivity contribution in [3.8, 4) is 11.8 Å². The van der Waals surface area contributed by atoms with Gasteiger partial charge in [0.15, 0.2) is 0 Å². The Kier molecular flexibility index (Phi) is 6.48. The van der Waals surface area contributed by atoms with Gasteiger partial charge in [-0.3, -0.25) is 14.9 Å². The molecule has 1 rings (SSSR count). The third-order valence-corrected chi connectivity index (χ3v) is 2.57. The lowest BCUT2D eigenvalue weighted by molar-refractivity contribution is -0.128. The molecule has 0 aliphatic carbocycles. The zero-order valence-corrected chi connectivity index (χ0v) is 12.0. The van der Waals surface area contributed by atoms with Crippen molar-refractivity contribution < 1.29 is 14.3 Å². The lowest BCUT2D eigenvalue weighted by Gasteiger charge is -2.08. The Morgan fingerprint density at radius 1 is 1.38 bits per heavy atom. The van der Waals surface area contributed by atoms with E-state index < -0.39 is 11.8 Å². The monoisotopic (exact) mass is 287 g/mol. The molecule has 0 spiro atoms. The standard InChI is InChI=1S/C15H17N3O3/c1-3-6-14(19)18-15(20)11(9-16)10-17-12-7-4-5-8-13(12)21-2/h4-5,7-8,10,17H,3,6H2,1-2H3,(H,18,19,20)/b11-10+. The molecule has 2 N–H and O–H groups in total. The van der Waals surface area contributed by atoms with Crippen LogP contribution in [0.15, 0.2) is 36.0 Å². The van der Waals surface area contributed by atoms with Crippen molar-refractivity contribution >= 4 is 17.5 Å². The lowest BCUT2D eigenvalue weighted by Crippen LogP contribution is -2.31. The molecule has 0 bridgehead atoms. The molecule has 6 nitrogen and oxygen atoms in total. The lowest BCUT2D eigenvalue weighted by atomic mass is 10.2. The zero-order valence-electron chi connectivity index (χ0n) is 12.0. The summed E-state index contributed by atoms with van der Waals surface area (Å²) in [6.07, 6.45) is 2.11. The molecule has 0 heterocycles. The van der Waals surface area contributed by atoms with E-state index in [-0.39, 0.29) is 12.0 Å². The van der Waals surface area contributed by atoms with E-state index >= 15 is 0 Å². The summed E-state index contributed by atoms with van der Waals surface area (Å²) in [7, 11) is 1.52.